The monoisotopic (exact) mass is 295 g/mol. The molecular weight excluding hydrogens is 282 g/mol. The summed E-state index contributed by atoms with van der Waals surface area (Å²) in [6.07, 6.45) is 3.25. The Hall–Kier alpha value is -1.46. The minimum Gasteiger partial charge on any atom is -0.351 e. The number of halogens is 1. The number of benzene rings is 1. The molecule has 2 aromatic rings. The van der Waals surface area contributed by atoms with Crippen molar-refractivity contribution in [2.24, 2.45) is 7.05 Å². The van der Waals surface area contributed by atoms with Crippen LogP contribution in [0.3, 0.4) is 0 Å². The standard InChI is InChI=1S/C13H14ClN3OS/c1-17-9-10(8-16-17)13(18)15-6-7-19-12-4-2-11(14)3-5-12/h2-5,8-9H,6-7H2,1H3,(H,15,18). The predicted octanol–water partition coefficient (Wildman–Crippen LogP) is 2.60. The minimum atomic E-state index is -0.0928. The molecule has 1 aromatic carbocycles. The molecule has 0 saturated carbocycles. The van der Waals surface area contributed by atoms with E-state index in [2.05, 4.69) is 10.4 Å². The van der Waals surface area contributed by atoms with Crippen LogP contribution >= 0.6 is 23.4 Å². The lowest BCUT2D eigenvalue weighted by Gasteiger charge is -2.04. The van der Waals surface area contributed by atoms with E-state index in [9.17, 15) is 4.79 Å². The lowest BCUT2D eigenvalue weighted by molar-refractivity contribution is 0.0956. The summed E-state index contributed by atoms with van der Waals surface area (Å²) in [7, 11) is 1.78. The van der Waals surface area contributed by atoms with Gasteiger partial charge in [-0.1, -0.05) is 11.6 Å². The zero-order valence-electron chi connectivity index (χ0n) is 10.5. The molecule has 2 rings (SSSR count). The summed E-state index contributed by atoms with van der Waals surface area (Å²) in [5.74, 6) is 0.720. The summed E-state index contributed by atoms with van der Waals surface area (Å²) in [4.78, 5) is 12.9. The molecule has 0 bridgehead atoms. The van der Waals surface area contributed by atoms with Crippen molar-refractivity contribution in [2.45, 2.75) is 4.90 Å². The summed E-state index contributed by atoms with van der Waals surface area (Å²) in [6, 6.07) is 7.65. The predicted molar refractivity (Wildman–Crippen MR) is 77.7 cm³/mol. The number of thioether (sulfide) groups is 1. The van der Waals surface area contributed by atoms with Crippen molar-refractivity contribution in [1.82, 2.24) is 15.1 Å². The maximum absolute atomic E-state index is 11.7. The zero-order valence-corrected chi connectivity index (χ0v) is 12.0. The molecule has 0 fully saturated rings. The highest BCUT2D eigenvalue weighted by molar-refractivity contribution is 7.99. The van der Waals surface area contributed by atoms with E-state index < -0.39 is 0 Å². The lowest BCUT2D eigenvalue weighted by atomic mass is 10.3. The van der Waals surface area contributed by atoms with Crippen molar-refractivity contribution in [2.75, 3.05) is 12.3 Å². The van der Waals surface area contributed by atoms with Gasteiger partial charge in [-0.2, -0.15) is 5.10 Å². The number of hydrogen-bond acceptors (Lipinski definition) is 3. The van der Waals surface area contributed by atoms with Crippen molar-refractivity contribution in [3.8, 4) is 0 Å². The fourth-order valence-corrected chi connectivity index (χ4v) is 2.40. The van der Waals surface area contributed by atoms with Crippen molar-refractivity contribution in [1.29, 1.82) is 0 Å². The number of carbonyl (C=O) groups excluding carboxylic acids is 1. The molecule has 0 aliphatic rings. The molecule has 0 unspecified atom stereocenters. The van der Waals surface area contributed by atoms with E-state index in [0.29, 0.717) is 12.1 Å². The summed E-state index contributed by atoms with van der Waals surface area (Å²) >= 11 is 7.49. The Bertz CT molecular complexity index is 553. The zero-order chi connectivity index (χ0) is 13.7. The Kier molecular flexibility index (Phi) is 4.87. The van der Waals surface area contributed by atoms with E-state index >= 15 is 0 Å². The highest BCUT2D eigenvalue weighted by Crippen LogP contribution is 2.19. The van der Waals surface area contributed by atoms with Crippen LogP contribution in [0.1, 0.15) is 10.4 Å². The Labute approximate surface area is 121 Å². The van der Waals surface area contributed by atoms with E-state index in [1.807, 2.05) is 24.3 Å². The number of aryl methyl sites for hydroxylation is 1. The van der Waals surface area contributed by atoms with Gasteiger partial charge in [0.25, 0.3) is 5.91 Å². The van der Waals surface area contributed by atoms with Crippen molar-refractivity contribution < 1.29 is 4.79 Å². The Morgan fingerprint density at radius 1 is 1.42 bits per heavy atom. The number of nitrogens with one attached hydrogen (secondary N) is 1. The lowest BCUT2D eigenvalue weighted by Crippen LogP contribution is -2.25. The van der Waals surface area contributed by atoms with Crippen LogP contribution in [0.5, 0.6) is 0 Å². The number of rotatable bonds is 5. The molecule has 1 heterocycles. The number of carbonyl (C=O) groups is 1. The van der Waals surface area contributed by atoms with Gasteiger partial charge in [-0.3, -0.25) is 9.48 Å². The SMILES string of the molecule is Cn1cc(C(=O)NCCSc2ccc(Cl)cc2)cn1. The van der Waals surface area contributed by atoms with E-state index in [1.165, 1.54) is 0 Å². The van der Waals surface area contributed by atoms with Crippen molar-refractivity contribution in [3.63, 3.8) is 0 Å². The van der Waals surface area contributed by atoms with Gasteiger partial charge in [-0.15, -0.1) is 11.8 Å². The maximum Gasteiger partial charge on any atom is 0.254 e. The molecule has 19 heavy (non-hydrogen) atoms. The summed E-state index contributed by atoms with van der Waals surface area (Å²) in [5, 5.41) is 7.55. The number of amides is 1. The first-order valence-corrected chi connectivity index (χ1v) is 7.17. The molecule has 1 amide bonds. The van der Waals surface area contributed by atoms with Crippen LogP contribution in [0.4, 0.5) is 0 Å². The molecular formula is C13H14ClN3OS. The maximum atomic E-state index is 11.7. The van der Waals surface area contributed by atoms with Crippen LogP contribution in [-0.4, -0.2) is 28.0 Å². The number of nitrogens with zero attached hydrogens (tertiary/aromatic N) is 2. The van der Waals surface area contributed by atoms with Gasteiger partial charge >= 0.3 is 0 Å². The van der Waals surface area contributed by atoms with Crippen LogP contribution in [-0.2, 0) is 7.05 Å². The van der Waals surface area contributed by atoms with Gasteiger partial charge in [-0.05, 0) is 24.3 Å². The molecule has 1 aromatic heterocycles. The van der Waals surface area contributed by atoms with Gasteiger partial charge in [0.1, 0.15) is 0 Å². The first-order valence-electron chi connectivity index (χ1n) is 5.80. The Morgan fingerprint density at radius 3 is 2.79 bits per heavy atom. The second kappa shape index (κ2) is 6.63. The first kappa shape index (κ1) is 14.0. The van der Waals surface area contributed by atoms with Gasteiger partial charge in [0.15, 0.2) is 0 Å². The molecule has 6 heteroatoms. The normalized spacial score (nSPS) is 10.4. The Balaban J connectivity index is 1.72. The van der Waals surface area contributed by atoms with Crippen molar-refractivity contribution >= 4 is 29.3 Å². The second-order valence-electron chi connectivity index (χ2n) is 3.96. The second-order valence-corrected chi connectivity index (χ2v) is 5.57. The third kappa shape index (κ3) is 4.29. The van der Waals surface area contributed by atoms with Crippen LogP contribution in [0.15, 0.2) is 41.6 Å². The van der Waals surface area contributed by atoms with Gasteiger partial charge in [0.2, 0.25) is 0 Å². The molecule has 0 saturated heterocycles. The van der Waals surface area contributed by atoms with Crippen LogP contribution < -0.4 is 5.32 Å². The minimum absolute atomic E-state index is 0.0928. The molecule has 4 nitrogen and oxygen atoms in total. The van der Waals surface area contributed by atoms with Gasteiger partial charge in [-0.25, -0.2) is 0 Å². The summed E-state index contributed by atoms with van der Waals surface area (Å²) < 4.78 is 1.61. The van der Waals surface area contributed by atoms with Crippen molar-refractivity contribution in [3.05, 3.63) is 47.2 Å². The molecule has 0 radical (unpaired) electrons. The molecule has 0 aliphatic carbocycles. The molecule has 100 valence electrons. The third-order valence-electron chi connectivity index (χ3n) is 2.44. The molecule has 0 aliphatic heterocycles. The van der Waals surface area contributed by atoms with E-state index in [-0.39, 0.29) is 5.91 Å². The number of hydrogen-bond donors (Lipinski definition) is 1. The summed E-state index contributed by atoms with van der Waals surface area (Å²) in [5.41, 5.74) is 0.582. The molecule has 1 N–H and O–H groups in total. The quantitative estimate of drug-likeness (QED) is 0.681. The molecule has 0 atom stereocenters. The third-order valence-corrected chi connectivity index (χ3v) is 3.70. The van der Waals surface area contributed by atoms with Crippen LogP contribution in [0, 0.1) is 0 Å². The Morgan fingerprint density at radius 2 is 2.16 bits per heavy atom. The average Bonchev–Trinajstić information content (AvgIpc) is 2.83. The topological polar surface area (TPSA) is 46.9 Å². The first-order chi connectivity index (χ1) is 9.15. The highest BCUT2D eigenvalue weighted by Gasteiger charge is 2.06. The summed E-state index contributed by atoms with van der Waals surface area (Å²) in [6.45, 7) is 0.612. The molecule has 0 spiro atoms. The fourth-order valence-electron chi connectivity index (χ4n) is 1.50. The van der Waals surface area contributed by atoms with Crippen LogP contribution in [0.2, 0.25) is 5.02 Å². The van der Waals surface area contributed by atoms with E-state index in [0.717, 1.165) is 15.7 Å². The number of aromatic nitrogens is 2. The smallest absolute Gasteiger partial charge is 0.254 e. The fraction of sp³-hybridized carbons (Fsp3) is 0.231. The van der Waals surface area contributed by atoms with Gasteiger partial charge < -0.3 is 5.32 Å². The van der Waals surface area contributed by atoms with Crippen LogP contribution in [0.25, 0.3) is 0 Å². The highest BCUT2D eigenvalue weighted by atomic mass is 35.5. The average molecular weight is 296 g/mol. The van der Waals surface area contributed by atoms with E-state index in [1.54, 1.807) is 35.9 Å². The largest absolute Gasteiger partial charge is 0.351 e. The van der Waals surface area contributed by atoms with E-state index in [4.69, 9.17) is 11.6 Å². The van der Waals surface area contributed by atoms with Gasteiger partial charge in [0.05, 0.1) is 11.8 Å². The van der Waals surface area contributed by atoms with Gasteiger partial charge in [0, 0.05) is 35.5 Å².